The van der Waals surface area contributed by atoms with E-state index in [4.69, 9.17) is 0 Å². The van der Waals surface area contributed by atoms with E-state index in [9.17, 15) is 19.9 Å². The van der Waals surface area contributed by atoms with Crippen molar-refractivity contribution in [3.05, 3.63) is 59.4 Å². The van der Waals surface area contributed by atoms with Crippen LogP contribution in [-0.4, -0.2) is 41.9 Å². The third kappa shape index (κ3) is 3.67. The van der Waals surface area contributed by atoms with Gasteiger partial charge in [-0.3, -0.25) is 0 Å². The molecule has 1 aliphatic rings. The summed E-state index contributed by atoms with van der Waals surface area (Å²) in [5, 5.41) is 31.3. The summed E-state index contributed by atoms with van der Waals surface area (Å²) in [5.41, 5.74) is -1.58. The molecule has 0 spiro atoms. The van der Waals surface area contributed by atoms with Crippen LogP contribution in [0.3, 0.4) is 0 Å². The lowest BCUT2D eigenvalue weighted by atomic mass is 9.62. The van der Waals surface area contributed by atoms with Gasteiger partial charge in [0.15, 0.2) is 0 Å². The molecule has 0 saturated carbocycles. The topological polar surface area (TPSA) is 67.5 Å². The molecule has 2 N–H and O–H groups in total. The van der Waals surface area contributed by atoms with Gasteiger partial charge in [0.2, 0.25) is 0 Å². The van der Waals surface area contributed by atoms with Crippen molar-refractivity contribution in [2.75, 3.05) is 20.7 Å². The summed E-state index contributed by atoms with van der Waals surface area (Å²) in [5.74, 6) is -0.395. The Morgan fingerprint density at radius 1 is 1.36 bits per heavy atom. The maximum Gasteiger partial charge on any atom is 0.123 e. The lowest BCUT2D eigenvalue weighted by molar-refractivity contribution is -0.0615. The fraction of sp³-hybridized carbons (Fsp3) is 0.450. The van der Waals surface area contributed by atoms with Crippen LogP contribution >= 0.6 is 0 Å². The summed E-state index contributed by atoms with van der Waals surface area (Å²) in [6.45, 7) is 1.80. The minimum atomic E-state index is -1.52. The van der Waals surface area contributed by atoms with Crippen LogP contribution < -0.4 is 0 Å². The number of aliphatic hydroxyl groups excluding tert-OH is 1. The summed E-state index contributed by atoms with van der Waals surface area (Å²) in [6, 6.07) is 7.91. The van der Waals surface area contributed by atoms with E-state index < -0.39 is 16.8 Å². The van der Waals surface area contributed by atoms with Crippen LogP contribution in [0.25, 0.3) is 0 Å². The van der Waals surface area contributed by atoms with E-state index in [1.165, 1.54) is 24.3 Å². The number of rotatable bonds is 6. The Hall–Kier alpha value is -2.00. The van der Waals surface area contributed by atoms with E-state index in [1.54, 1.807) is 18.2 Å². The number of hydrogen-bond acceptors (Lipinski definition) is 4. The highest BCUT2D eigenvalue weighted by molar-refractivity contribution is 5.39. The summed E-state index contributed by atoms with van der Waals surface area (Å²) >= 11 is 0. The van der Waals surface area contributed by atoms with Gasteiger partial charge in [-0.25, -0.2) is 4.39 Å². The molecule has 0 aromatic heterocycles. The van der Waals surface area contributed by atoms with Crippen LogP contribution in [0.2, 0.25) is 0 Å². The predicted octanol–water partition coefficient (Wildman–Crippen LogP) is 2.74. The molecule has 0 aliphatic heterocycles. The number of aliphatic hydroxyl groups is 2. The average Bonchev–Trinajstić information content (AvgIpc) is 2.61. The number of allylic oxidation sites excluding steroid dienone is 2. The smallest absolute Gasteiger partial charge is 0.123 e. The Balaban J connectivity index is 2.57. The maximum atomic E-state index is 13.4. The molecule has 134 valence electrons. The molecule has 25 heavy (non-hydrogen) atoms. The molecular weight excluding hydrogens is 319 g/mol. The largest absolute Gasteiger partial charge is 0.392 e. The van der Waals surface area contributed by atoms with Gasteiger partial charge in [-0.1, -0.05) is 30.4 Å². The third-order valence-electron chi connectivity index (χ3n) is 5.15. The highest BCUT2D eigenvalue weighted by atomic mass is 19.1. The monoisotopic (exact) mass is 344 g/mol. The van der Waals surface area contributed by atoms with Crippen molar-refractivity contribution >= 4 is 0 Å². The Labute approximate surface area is 148 Å². The number of hydrogen-bond donors (Lipinski definition) is 2. The number of nitrogens with zero attached hydrogens (tertiary/aromatic N) is 2. The molecule has 5 heteroatoms. The van der Waals surface area contributed by atoms with Gasteiger partial charge >= 0.3 is 0 Å². The van der Waals surface area contributed by atoms with Crippen LogP contribution in [0.1, 0.15) is 25.3 Å². The molecule has 0 amide bonds. The number of nitriles is 1. The van der Waals surface area contributed by atoms with Crippen molar-refractivity contribution in [1.82, 2.24) is 4.90 Å². The lowest BCUT2D eigenvalue weighted by Gasteiger charge is -2.45. The van der Waals surface area contributed by atoms with Gasteiger partial charge in [-0.05, 0) is 57.1 Å². The van der Waals surface area contributed by atoms with Crippen molar-refractivity contribution in [1.29, 1.82) is 5.26 Å². The second-order valence-corrected chi connectivity index (χ2v) is 6.99. The molecule has 1 aromatic carbocycles. The van der Waals surface area contributed by atoms with E-state index in [0.717, 1.165) is 0 Å². The Bertz CT molecular complexity index is 705. The Kier molecular flexibility index (Phi) is 5.79. The molecule has 2 unspecified atom stereocenters. The first kappa shape index (κ1) is 19.3. The molecule has 0 radical (unpaired) electrons. The van der Waals surface area contributed by atoms with E-state index in [0.29, 0.717) is 17.6 Å². The van der Waals surface area contributed by atoms with Crippen LogP contribution in [0.15, 0.2) is 48.1 Å². The molecule has 1 aromatic rings. The van der Waals surface area contributed by atoms with Crippen molar-refractivity contribution < 1.29 is 14.6 Å². The van der Waals surface area contributed by atoms with Crippen LogP contribution in [0.4, 0.5) is 4.39 Å². The summed E-state index contributed by atoms with van der Waals surface area (Å²) in [7, 11) is 3.81. The van der Waals surface area contributed by atoms with Crippen LogP contribution in [-0.2, 0) is 5.60 Å². The van der Waals surface area contributed by atoms with Gasteiger partial charge in [0.1, 0.15) is 16.8 Å². The maximum absolute atomic E-state index is 13.4. The van der Waals surface area contributed by atoms with Crippen molar-refractivity contribution in [2.45, 2.75) is 31.4 Å². The highest BCUT2D eigenvalue weighted by Gasteiger charge is 2.52. The predicted molar refractivity (Wildman–Crippen MR) is 95.0 cm³/mol. The number of halogens is 1. The minimum Gasteiger partial charge on any atom is -0.392 e. The van der Waals surface area contributed by atoms with Gasteiger partial charge < -0.3 is 15.1 Å². The molecule has 0 saturated heterocycles. The zero-order chi connectivity index (χ0) is 18.7. The van der Waals surface area contributed by atoms with Gasteiger partial charge in [0, 0.05) is 6.04 Å². The molecule has 0 heterocycles. The normalized spacial score (nSPS) is 23.7. The summed E-state index contributed by atoms with van der Waals surface area (Å²) in [6.07, 6.45) is 5.67. The van der Waals surface area contributed by atoms with E-state index in [1.807, 2.05) is 25.9 Å². The Morgan fingerprint density at radius 2 is 2.00 bits per heavy atom. The van der Waals surface area contributed by atoms with Gasteiger partial charge in [-0.2, -0.15) is 5.26 Å². The first-order valence-corrected chi connectivity index (χ1v) is 8.32. The minimum absolute atomic E-state index is 0.0165. The summed E-state index contributed by atoms with van der Waals surface area (Å²) < 4.78 is 13.4. The molecule has 0 bridgehead atoms. The first-order chi connectivity index (χ1) is 11.8. The van der Waals surface area contributed by atoms with Crippen LogP contribution in [0, 0.1) is 22.6 Å². The quantitative estimate of drug-likeness (QED) is 0.833. The van der Waals surface area contributed by atoms with E-state index in [-0.39, 0.29) is 19.1 Å². The fourth-order valence-corrected chi connectivity index (χ4v) is 3.28. The number of benzene rings is 1. The van der Waals surface area contributed by atoms with E-state index >= 15 is 0 Å². The fourth-order valence-electron chi connectivity index (χ4n) is 3.28. The molecule has 0 fully saturated rings. The standard InChI is InChI=1S/C20H25FN2O2/c1-15(23(2)3)11-20(25,17-6-8-18(21)9-7-17)19(14-22)10-4-5-16(12-19)13-24/h4-10,15,24-25H,11-13H2,1-3H3/t15?,19-,20?/m1/s1. The lowest BCUT2D eigenvalue weighted by Crippen LogP contribution is -2.48. The first-order valence-electron chi connectivity index (χ1n) is 8.32. The van der Waals surface area contributed by atoms with Gasteiger partial charge in [0.25, 0.3) is 0 Å². The summed E-state index contributed by atoms with van der Waals surface area (Å²) in [4.78, 5) is 1.97. The van der Waals surface area contributed by atoms with Crippen LogP contribution in [0.5, 0.6) is 0 Å². The molecule has 3 atom stereocenters. The van der Waals surface area contributed by atoms with Crippen molar-refractivity contribution in [2.24, 2.45) is 5.41 Å². The van der Waals surface area contributed by atoms with Crippen molar-refractivity contribution in [3.8, 4) is 6.07 Å². The third-order valence-corrected chi connectivity index (χ3v) is 5.15. The van der Waals surface area contributed by atoms with Crippen molar-refractivity contribution in [3.63, 3.8) is 0 Å². The van der Waals surface area contributed by atoms with Gasteiger partial charge in [-0.15, -0.1) is 0 Å². The molecule has 2 rings (SSSR count). The second-order valence-electron chi connectivity index (χ2n) is 6.99. The average molecular weight is 344 g/mol. The highest BCUT2D eigenvalue weighted by Crippen LogP contribution is 2.49. The molecular formula is C20H25FN2O2. The van der Waals surface area contributed by atoms with E-state index in [2.05, 4.69) is 6.07 Å². The zero-order valence-electron chi connectivity index (χ0n) is 14.9. The zero-order valence-corrected chi connectivity index (χ0v) is 14.9. The Morgan fingerprint density at radius 3 is 2.52 bits per heavy atom. The molecule has 1 aliphatic carbocycles. The molecule has 4 nitrogen and oxygen atoms in total. The SMILES string of the molecule is CC(CC(O)(c1ccc(F)cc1)[C@]1(C#N)C=CC=C(CO)C1)N(C)C. The van der Waals surface area contributed by atoms with Gasteiger partial charge in [0.05, 0.1) is 12.7 Å². The second kappa shape index (κ2) is 7.49.